The largest absolute Gasteiger partial charge is 0.337 e. The Morgan fingerprint density at radius 1 is 1.06 bits per heavy atom. The molecule has 2 aliphatic rings. The molecule has 3 aromatic rings. The number of carbonyl (C=O) groups excluding carboxylic acids is 1. The minimum atomic E-state index is 0.117. The molecule has 1 fully saturated rings. The zero-order chi connectivity index (χ0) is 22.9. The quantitative estimate of drug-likeness (QED) is 0.593. The molecular formula is C28H34N4O. The third kappa shape index (κ3) is 4.60. The maximum Gasteiger partial charge on any atom is 0.253 e. The van der Waals surface area contributed by atoms with E-state index < -0.39 is 0 Å². The van der Waals surface area contributed by atoms with Crippen molar-refractivity contribution in [2.24, 2.45) is 0 Å². The van der Waals surface area contributed by atoms with Crippen LogP contribution >= 0.6 is 0 Å². The van der Waals surface area contributed by atoms with Gasteiger partial charge in [-0.25, -0.2) is 0 Å². The molecule has 1 aliphatic heterocycles. The van der Waals surface area contributed by atoms with E-state index in [1.165, 1.54) is 11.1 Å². The van der Waals surface area contributed by atoms with Gasteiger partial charge in [0.1, 0.15) is 0 Å². The lowest BCUT2D eigenvalue weighted by molar-refractivity contribution is 0.0555. The number of hydrogen-bond donors (Lipinski definition) is 0. The van der Waals surface area contributed by atoms with Crippen LogP contribution in [-0.4, -0.2) is 57.7 Å². The van der Waals surface area contributed by atoms with Crippen LogP contribution in [0.5, 0.6) is 0 Å². The van der Waals surface area contributed by atoms with Gasteiger partial charge in [-0.2, -0.15) is 5.10 Å². The van der Waals surface area contributed by atoms with Crippen molar-refractivity contribution < 1.29 is 4.79 Å². The van der Waals surface area contributed by atoms with Crippen molar-refractivity contribution in [3.8, 4) is 0 Å². The second-order valence-corrected chi connectivity index (χ2v) is 9.82. The van der Waals surface area contributed by atoms with Crippen molar-refractivity contribution in [3.63, 3.8) is 0 Å². The van der Waals surface area contributed by atoms with E-state index in [2.05, 4.69) is 53.3 Å². The van der Waals surface area contributed by atoms with Gasteiger partial charge >= 0.3 is 0 Å². The van der Waals surface area contributed by atoms with Gasteiger partial charge in [-0.3, -0.25) is 14.4 Å². The van der Waals surface area contributed by atoms with Gasteiger partial charge in [0.05, 0.1) is 12.2 Å². The van der Waals surface area contributed by atoms with Crippen molar-refractivity contribution in [3.05, 3.63) is 88.2 Å². The minimum absolute atomic E-state index is 0.117. The monoisotopic (exact) mass is 442 g/mol. The summed E-state index contributed by atoms with van der Waals surface area (Å²) >= 11 is 0. The molecule has 1 aliphatic carbocycles. The van der Waals surface area contributed by atoms with E-state index in [9.17, 15) is 4.79 Å². The van der Waals surface area contributed by atoms with E-state index >= 15 is 0 Å². The van der Waals surface area contributed by atoms with E-state index in [0.717, 1.165) is 61.3 Å². The highest BCUT2D eigenvalue weighted by Gasteiger charge is 2.33. The molecule has 1 aromatic heterocycles. The summed E-state index contributed by atoms with van der Waals surface area (Å²) in [5.74, 6) is 0.117. The topological polar surface area (TPSA) is 41.4 Å². The third-order valence-electron chi connectivity index (χ3n) is 7.45. The fourth-order valence-corrected chi connectivity index (χ4v) is 5.60. The predicted octanol–water partition coefficient (Wildman–Crippen LogP) is 4.25. The molecule has 2 heterocycles. The number of hydrogen-bond acceptors (Lipinski definition) is 3. The van der Waals surface area contributed by atoms with Gasteiger partial charge < -0.3 is 4.90 Å². The van der Waals surface area contributed by atoms with Crippen LogP contribution in [0.4, 0.5) is 0 Å². The highest BCUT2D eigenvalue weighted by atomic mass is 16.2. The highest BCUT2D eigenvalue weighted by molar-refractivity contribution is 5.94. The lowest BCUT2D eigenvalue weighted by Crippen LogP contribution is -2.51. The number of piperidine rings is 1. The number of carbonyl (C=O) groups is 1. The molecule has 0 saturated carbocycles. The average molecular weight is 443 g/mol. The number of likely N-dealkylation sites (N-methyl/N-ethyl adjacent to an activating group) is 1. The molecule has 1 atom stereocenters. The van der Waals surface area contributed by atoms with Crippen molar-refractivity contribution in [1.82, 2.24) is 19.6 Å². The maximum absolute atomic E-state index is 13.4. The molecule has 172 valence electrons. The summed E-state index contributed by atoms with van der Waals surface area (Å²) in [6.45, 7) is 6.86. The number of benzene rings is 2. The first-order valence-electron chi connectivity index (χ1n) is 12.2. The van der Waals surface area contributed by atoms with Crippen molar-refractivity contribution in [2.45, 2.75) is 58.2 Å². The van der Waals surface area contributed by atoms with Gasteiger partial charge in [0, 0.05) is 36.9 Å². The number of nitrogens with zero attached hydrogens (tertiary/aromatic N) is 4. The molecule has 33 heavy (non-hydrogen) atoms. The Morgan fingerprint density at radius 3 is 2.52 bits per heavy atom. The van der Waals surface area contributed by atoms with Crippen LogP contribution in [0.25, 0.3) is 0 Å². The first kappa shape index (κ1) is 21.9. The van der Waals surface area contributed by atoms with E-state index in [1.807, 2.05) is 41.8 Å². The zero-order valence-corrected chi connectivity index (χ0v) is 20.0. The Kier molecular flexibility index (Phi) is 6.07. The lowest BCUT2D eigenvalue weighted by atomic mass is 10.00. The van der Waals surface area contributed by atoms with Gasteiger partial charge in [-0.1, -0.05) is 36.4 Å². The second-order valence-electron chi connectivity index (χ2n) is 9.82. The fourth-order valence-electron chi connectivity index (χ4n) is 5.60. The normalized spacial score (nSPS) is 18.9. The van der Waals surface area contributed by atoms with Crippen molar-refractivity contribution >= 4 is 5.91 Å². The van der Waals surface area contributed by atoms with Gasteiger partial charge in [-0.05, 0) is 81.0 Å². The lowest BCUT2D eigenvalue weighted by Gasteiger charge is -2.40. The molecule has 0 N–H and O–H groups in total. The third-order valence-corrected chi connectivity index (χ3v) is 7.45. The summed E-state index contributed by atoms with van der Waals surface area (Å²) in [6, 6.07) is 19.8. The number of amides is 1. The summed E-state index contributed by atoms with van der Waals surface area (Å²) in [7, 11) is 1.98. The molecule has 0 unspecified atom stereocenters. The number of fused-ring (bicyclic) bond motifs is 1. The van der Waals surface area contributed by atoms with E-state index in [0.29, 0.717) is 12.6 Å². The minimum Gasteiger partial charge on any atom is -0.337 e. The number of rotatable bonds is 5. The van der Waals surface area contributed by atoms with Crippen LogP contribution < -0.4 is 0 Å². The van der Waals surface area contributed by atoms with Crippen LogP contribution in [-0.2, 0) is 19.4 Å². The van der Waals surface area contributed by atoms with Crippen LogP contribution in [0.3, 0.4) is 0 Å². The molecule has 2 aromatic carbocycles. The van der Waals surface area contributed by atoms with Gasteiger partial charge in [-0.15, -0.1) is 0 Å². The van der Waals surface area contributed by atoms with E-state index in [1.54, 1.807) is 0 Å². The molecule has 0 bridgehead atoms. The van der Waals surface area contributed by atoms with E-state index in [4.69, 9.17) is 0 Å². The standard InChI is InChI=1S/C28H34N4O/c1-20-14-21(2)32(29-20)18-22-8-6-11-25(15-22)28(33)30(3)26-12-7-13-31(19-26)27-16-23-9-4-5-10-24(23)17-27/h4-6,8-11,14-15,26-27H,7,12-13,16-19H2,1-3H3/t26-/m1/s1. The van der Waals surface area contributed by atoms with E-state index in [-0.39, 0.29) is 11.9 Å². The molecule has 1 saturated heterocycles. The molecule has 5 rings (SSSR count). The maximum atomic E-state index is 13.4. The summed E-state index contributed by atoms with van der Waals surface area (Å²) in [5, 5.41) is 4.57. The van der Waals surface area contributed by atoms with Gasteiger partial charge in [0.2, 0.25) is 0 Å². The highest BCUT2D eigenvalue weighted by Crippen LogP contribution is 2.28. The Bertz CT molecular complexity index is 1130. The molecule has 0 spiro atoms. The Hall–Kier alpha value is -2.92. The number of aryl methyl sites for hydroxylation is 2. The smallest absolute Gasteiger partial charge is 0.253 e. The van der Waals surface area contributed by atoms with Gasteiger partial charge in [0.25, 0.3) is 5.91 Å². The second kappa shape index (κ2) is 9.14. The molecule has 5 heteroatoms. The fraction of sp³-hybridized carbons (Fsp3) is 0.429. The molecule has 0 radical (unpaired) electrons. The molecule has 1 amide bonds. The van der Waals surface area contributed by atoms with Crippen molar-refractivity contribution in [1.29, 1.82) is 0 Å². The number of aromatic nitrogens is 2. The van der Waals surface area contributed by atoms with Crippen LogP contribution in [0, 0.1) is 13.8 Å². The SMILES string of the molecule is Cc1cc(C)n(Cc2cccc(C(=O)N(C)[C@@H]3CCCN(C4Cc5ccccc5C4)C3)c2)n1. The van der Waals surface area contributed by atoms with Crippen molar-refractivity contribution in [2.75, 3.05) is 20.1 Å². The summed E-state index contributed by atoms with van der Waals surface area (Å²) < 4.78 is 2.00. The summed E-state index contributed by atoms with van der Waals surface area (Å²) in [5.41, 5.74) is 7.02. The predicted molar refractivity (Wildman–Crippen MR) is 132 cm³/mol. The Labute approximate surface area is 197 Å². The summed E-state index contributed by atoms with van der Waals surface area (Å²) in [6.07, 6.45) is 4.49. The zero-order valence-electron chi connectivity index (χ0n) is 20.0. The Morgan fingerprint density at radius 2 is 1.82 bits per heavy atom. The first-order valence-corrected chi connectivity index (χ1v) is 12.2. The Balaban J connectivity index is 1.25. The first-order chi connectivity index (χ1) is 16.0. The van der Waals surface area contributed by atoms with Crippen LogP contribution in [0.2, 0.25) is 0 Å². The molecular weight excluding hydrogens is 408 g/mol. The average Bonchev–Trinajstić information content (AvgIpc) is 3.40. The van der Waals surface area contributed by atoms with Gasteiger partial charge in [0.15, 0.2) is 0 Å². The summed E-state index contributed by atoms with van der Waals surface area (Å²) in [4.78, 5) is 18.0. The molecule has 5 nitrogen and oxygen atoms in total. The number of likely N-dealkylation sites (tertiary alicyclic amines) is 1. The van der Waals surface area contributed by atoms with Crippen LogP contribution in [0.1, 0.15) is 51.3 Å². The van der Waals surface area contributed by atoms with Crippen LogP contribution in [0.15, 0.2) is 54.6 Å².